The zero-order valence-corrected chi connectivity index (χ0v) is 21.0. The molecule has 0 atom stereocenters. The van der Waals surface area contributed by atoms with E-state index in [0.29, 0.717) is 0 Å². The molecule has 1 spiro atoms. The summed E-state index contributed by atoms with van der Waals surface area (Å²) in [6.45, 7) is 12.4. The lowest BCUT2D eigenvalue weighted by molar-refractivity contribution is 0.0817. The first kappa shape index (κ1) is 23.4. The summed E-state index contributed by atoms with van der Waals surface area (Å²) >= 11 is 0. The zero-order valence-electron chi connectivity index (χ0n) is 21.0. The Morgan fingerprint density at radius 2 is 1.57 bits per heavy atom. The van der Waals surface area contributed by atoms with Gasteiger partial charge in [0.2, 0.25) is 0 Å². The van der Waals surface area contributed by atoms with Crippen molar-refractivity contribution >= 4 is 11.3 Å². The SMILES string of the molecule is C=C(c1ccc(C2=CC3(CCNCC3)Oc3ccccc32)cc1)N1CCc2ccccc2C1.CC. The smallest absolute Gasteiger partial charge is 0.130 e. The summed E-state index contributed by atoms with van der Waals surface area (Å²) in [6.07, 6.45) is 5.45. The van der Waals surface area contributed by atoms with E-state index in [2.05, 4.69) is 95.7 Å². The van der Waals surface area contributed by atoms with Crippen molar-refractivity contribution in [2.24, 2.45) is 0 Å². The maximum absolute atomic E-state index is 6.54. The molecule has 3 heteroatoms. The first-order chi connectivity index (χ1) is 17.2. The molecule has 3 heterocycles. The van der Waals surface area contributed by atoms with E-state index in [1.165, 1.54) is 33.4 Å². The number of rotatable bonds is 3. The number of nitrogens with zero attached hydrogens (tertiary/aromatic N) is 1. The Hall–Kier alpha value is -3.30. The van der Waals surface area contributed by atoms with Gasteiger partial charge in [0.25, 0.3) is 0 Å². The molecular formula is C32H36N2O. The number of para-hydroxylation sites is 1. The van der Waals surface area contributed by atoms with Crippen molar-refractivity contribution in [2.45, 2.75) is 45.3 Å². The second kappa shape index (κ2) is 10.1. The van der Waals surface area contributed by atoms with Gasteiger partial charge in [0, 0.05) is 37.2 Å². The van der Waals surface area contributed by atoms with Crippen molar-refractivity contribution in [2.75, 3.05) is 19.6 Å². The lowest BCUT2D eigenvalue weighted by Gasteiger charge is -2.40. The van der Waals surface area contributed by atoms with Gasteiger partial charge in [0.15, 0.2) is 0 Å². The molecule has 1 saturated heterocycles. The minimum atomic E-state index is -0.210. The normalized spacial score (nSPS) is 17.8. The van der Waals surface area contributed by atoms with E-state index in [0.717, 1.165) is 56.9 Å². The molecule has 6 rings (SSSR count). The van der Waals surface area contributed by atoms with Gasteiger partial charge in [-0.05, 0) is 59.5 Å². The van der Waals surface area contributed by atoms with Crippen LogP contribution in [0.5, 0.6) is 5.75 Å². The number of benzene rings is 3. The topological polar surface area (TPSA) is 24.5 Å². The Morgan fingerprint density at radius 3 is 2.34 bits per heavy atom. The highest BCUT2D eigenvalue weighted by atomic mass is 16.5. The summed E-state index contributed by atoms with van der Waals surface area (Å²) in [6, 6.07) is 26.2. The third-order valence-corrected chi connectivity index (χ3v) is 7.39. The predicted octanol–water partition coefficient (Wildman–Crippen LogP) is 6.69. The fourth-order valence-corrected chi connectivity index (χ4v) is 5.45. The van der Waals surface area contributed by atoms with Gasteiger partial charge in [-0.1, -0.05) is 87.2 Å². The Morgan fingerprint density at radius 1 is 0.886 bits per heavy atom. The summed E-state index contributed by atoms with van der Waals surface area (Å²) < 4.78 is 6.54. The summed E-state index contributed by atoms with van der Waals surface area (Å²) in [7, 11) is 0. The van der Waals surface area contributed by atoms with Crippen LogP contribution in [-0.4, -0.2) is 30.1 Å². The van der Waals surface area contributed by atoms with Gasteiger partial charge in [-0.25, -0.2) is 0 Å². The van der Waals surface area contributed by atoms with E-state index in [-0.39, 0.29) is 5.60 Å². The predicted molar refractivity (Wildman–Crippen MR) is 146 cm³/mol. The summed E-state index contributed by atoms with van der Waals surface area (Å²) in [4.78, 5) is 2.41. The third-order valence-electron chi connectivity index (χ3n) is 7.39. The van der Waals surface area contributed by atoms with Crippen LogP contribution >= 0.6 is 0 Å². The average Bonchev–Trinajstić information content (AvgIpc) is 2.93. The van der Waals surface area contributed by atoms with E-state index in [1.54, 1.807) is 0 Å². The second-order valence-corrected chi connectivity index (χ2v) is 9.44. The Labute approximate surface area is 210 Å². The van der Waals surface area contributed by atoms with E-state index in [9.17, 15) is 0 Å². The van der Waals surface area contributed by atoms with Crippen LogP contribution < -0.4 is 10.1 Å². The fourth-order valence-electron chi connectivity index (χ4n) is 5.45. The molecule has 3 nitrogen and oxygen atoms in total. The van der Waals surface area contributed by atoms with Crippen molar-refractivity contribution in [1.82, 2.24) is 10.2 Å². The standard InChI is InChI=1S/C30H30N2O.C2H6/c1-22(32-19-14-24-6-2-3-7-26(24)21-32)23-10-12-25(13-11-23)28-20-30(15-17-31-18-16-30)33-29-9-5-4-8-27(28)29;1-2/h2-13,20,31H,1,14-19,21H2;1-2H3. The van der Waals surface area contributed by atoms with Gasteiger partial charge in [-0.2, -0.15) is 0 Å². The van der Waals surface area contributed by atoms with Crippen LogP contribution in [0.15, 0.2) is 85.5 Å². The molecule has 1 N–H and O–H groups in total. The first-order valence-corrected chi connectivity index (χ1v) is 13.0. The third kappa shape index (κ3) is 4.66. The molecule has 1 fully saturated rings. The quantitative estimate of drug-likeness (QED) is 0.467. The van der Waals surface area contributed by atoms with Gasteiger partial charge in [-0.3, -0.25) is 0 Å². The largest absolute Gasteiger partial charge is 0.482 e. The number of ether oxygens (including phenoxy) is 1. The minimum Gasteiger partial charge on any atom is -0.482 e. The molecule has 0 aliphatic carbocycles. The van der Waals surface area contributed by atoms with E-state index >= 15 is 0 Å². The number of hydrogen-bond acceptors (Lipinski definition) is 3. The first-order valence-electron chi connectivity index (χ1n) is 13.0. The number of fused-ring (bicyclic) bond motifs is 2. The molecule has 0 amide bonds. The summed E-state index contributed by atoms with van der Waals surface area (Å²) in [5, 5.41) is 3.47. The monoisotopic (exact) mass is 464 g/mol. The number of hydrogen-bond donors (Lipinski definition) is 1. The Bertz CT molecular complexity index is 1220. The minimum absolute atomic E-state index is 0.210. The van der Waals surface area contributed by atoms with Crippen molar-refractivity contribution in [3.05, 3.63) is 113 Å². The molecule has 3 aromatic carbocycles. The maximum atomic E-state index is 6.54. The van der Waals surface area contributed by atoms with E-state index in [1.807, 2.05) is 13.8 Å². The maximum Gasteiger partial charge on any atom is 0.130 e. The van der Waals surface area contributed by atoms with Crippen LogP contribution in [0.3, 0.4) is 0 Å². The Kier molecular flexibility index (Phi) is 6.79. The molecule has 35 heavy (non-hydrogen) atoms. The molecular weight excluding hydrogens is 428 g/mol. The second-order valence-electron chi connectivity index (χ2n) is 9.44. The fraction of sp³-hybridized carbons (Fsp3) is 0.312. The lowest BCUT2D eigenvalue weighted by Crippen LogP contribution is -2.46. The summed E-state index contributed by atoms with van der Waals surface area (Å²) in [5.74, 6) is 0.998. The van der Waals surface area contributed by atoms with Gasteiger partial charge < -0.3 is 15.0 Å². The van der Waals surface area contributed by atoms with Crippen molar-refractivity contribution in [1.29, 1.82) is 0 Å². The van der Waals surface area contributed by atoms with E-state index in [4.69, 9.17) is 4.74 Å². The Balaban J connectivity index is 0.00000124. The molecule has 0 radical (unpaired) electrons. The van der Waals surface area contributed by atoms with Crippen LogP contribution in [0.2, 0.25) is 0 Å². The highest BCUT2D eigenvalue weighted by molar-refractivity contribution is 5.85. The van der Waals surface area contributed by atoms with Crippen molar-refractivity contribution in [3.8, 4) is 5.75 Å². The van der Waals surface area contributed by atoms with Crippen LogP contribution in [0.4, 0.5) is 0 Å². The van der Waals surface area contributed by atoms with Crippen LogP contribution in [-0.2, 0) is 13.0 Å². The van der Waals surface area contributed by atoms with Gasteiger partial charge in [0.1, 0.15) is 11.4 Å². The van der Waals surface area contributed by atoms with Gasteiger partial charge >= 0.3 is 0 Å². The lowest BCUT2D eigenvalue weighted by atomic mass is 9.83. The number of piperidine rings is 1. The number of nitrogens with one attached hydrogen (secondary N) is 1. The van der Waals surface area contributed by atoms with Crippen LogP contribution in [0.1, 0.15) is 54.5 Å². The molecule has 0 saturated carbocycles. The van der Waals surface area contributed by atoms with Crippen LogP contribution in [0, 0.1) is 0 Å². The van der Waals surface area contributed by atoms with Gasteiger partial charge in [-0.15, -0.1) is 0 Å². The highest BCUT2D eigenvalue weighted by Gasteiger charge is 2.36. The summed E-state index contributed by atoms with van der Waals surface area (Å²) in [5.41, 5.74) is 8.67. The average molecular weight is 465 g/mol. The molecule has 180 valence electrons. The zero-order chi connectivity index (χ0) is 24.3. The highest BCUT2D eigenvalue weighted by Crippen LogP contribution is 2.42. The van der Waals surface area contributed by atoms with Crippen LogP contribution in [0.25, 0.3) is 11.3 Å². The molecule has 0 unspecified atom stereocenters. The molecule has 3 aliphatic rings. The van der Waals surface area contributed by atoms with Crippen molar-refractivity contribution in [3.63, 3.8) is 0 Å². The van der Waals surface area contributed by atoms with Gasteiger partial charge in [0.05, 0.1) is 0 Å². The molecule has 3 aromatic rings. The van der Waals surface area contributed by atoms with Crippen molar-refractivity contribution < 1.29 is 4.74 Å². The molecule has 0 aromatic heterocycles. The molecule has 3 aliphatic heterocycles. The van der Waals surface area contributed by atoms with E-state index < -0.39 is 0 Å². The molecule has 0 bridgehead atoms.